The number of methoxy groups -OCH3 is 1. The van der Waals surface area contributed by atoms with Crippen molar-refractivity contribution in [2.75, 3.05) is 20.2 Å². The van der Waals surface area contributed by atoms with E-state index in [1.807, 2.05) is 6.92 Å². The van der Waals surface area contributed by atoms with Gasteiger partial charge in [-0.25, -0.2) is 0 Å². The van der Waals surface area contributed by atoms with Crippen molar-refractivity contribution >= 4 is 6.08 Å². The quantitative estimate of drug-likeness (QED) is 0.575. The molecule has 2 rings (SSSR count). The molecular weight excluding hydrogens is 346 g/mol. The molecule has 0 heterocycles. The van der Waals surface area contributed by atoms with Gasteiger partial charge in [0, 0.05) is 11.6 Å². The zero-order valence-electron chi connectivity index (χ0n) is 18.3. The number of benzene rings is 1. The minimum Gasteiger partial charge on any atom is -0.496 e. The first-order valence-corrected chi connectivity index (χ1v) is 10.6. The lowest BCUT2D eigenvalue weighted by Crippen LogP contribution is -2.36. The summed E-state index contributed by atoms with van der Waals surface area (Å²) in [7, 11) is 1.76. The first-order chi connectivity index (χ1) is 13.5. The number of unbranched alkanes of at least 4 members (excludes halogenated alkanes) is 1. The third-order valence-electron chi connectivity index (χ3n) is 5.54. The maximum atomic E-state index is 9.44. The zero-order valence-corrected chi connectivity index (χ0v) is 18.3. The van der Waals surface area contributed by atoms with Crippen LogP contribution < -0.4 is 0 Å². The van der Waals surface area contributed by atoms with Crippen LogP contribution >= 0.6 is 0 Å². The highest BCUT2D eigenvalue weighted by molar-refractivity contribution is 5.60. The van der Waals surface area contributed by atoms with Gasteiger partial charge in [-0.15, -0.1) is 0 Å². The molecular formula is C25H37NO2. The van der Waals surface area contributed by atoms with E-state index in [0.29, 0.717) is 6.04 Å². The van der Waals surface area contributed by atoms with E-state index in [1.165, 1.54) is 30.4 Å². The van der Waals surface area contributed by atoms with Crippen molar-refractivity contribution in [1.82, 2.24) is 4.90 Å². The van der Waals surface area contributed by atoms with E-state index in [0.717, 1.165) is 42.0 Å². The van der Waals surface area contributed by atoms with Gasteiger partial charge >= 0.3 is 0 Å². The van der Waals surface area contributed by atoms with Crippen LogP contribution in [0.25, 0.3) is 6.08 Å². The summed E-state index contributed by atoms with van der Waals surface area (Å²) < 4.78 is 5.73. The molecule has 1 atom stereocenters. The third kappa shape index (κ3) is 5.83. The van der Waals surface area contributed by atoms with E-state index in [2.05, 4.69) is 62.1 Å². The summed E-state index contributed by atoms with van der Waals surface area (Å²) in [5, 5.41) is 9.44. The van der Waals surface area contributed by atoms with Crippen molar-refractivity contribution in [2.24, 2.45) is 0 Å². The van der Waals surface area contributed by atoms with Crippen LogP contribution in [0.2, 0.25) is 0 Å². The molecule has 0 spiro atoms. The van der Waals surface area contributed by atoms with Gasteiger partial charge < -0.3 is 9.84 Å². The highest BCUT2D eigenvalue weighted by atomic mass is 16.5. The van der Waals surface area contributed by atoms with Gasteiger partial charge in [0.05, 0.1) is 13.7 Å². The molecule has 1 unspecified atom stereocenters. The molecule has 28 heavy (non-hydrogen) atoms. The van der Waals surface area contributed by atoms with Crippen LogP contribution in [0.4, 0.5) is 0 Å². The number of rotatable bonds is 10. The molecule has 0 aromatic heterocycles. The van der Waals surface area contributed by atoms with Crippen LogP contribution in [0.15, 0.2) is 41.7 Å². The lowest BCUT2D eigenvalue weighted by atomic mass is 9.96. The molecule has 1 aromatic carbocycles. The Morgan fingerprint density at radius 3 is 2.54 bits per heavy atom. The summed E-state index contributed by atoms with van der Waals surface area (Å²) in [6.07, 6.45) is 13.6. The summed E-state index contributed by atoms with van der Waals surface area (Å²) in [5.41, 5.74) is 5.63. The Balaban J connectivity index is 2.17. The molecule has 1 N–H and O–H groups in total. The lowest BCUT2D eigenvalue weighted by Gasteiger charge is -2.31. The van der Waals surface area contributed by atoms with Gasteiger partial charge in [-0.3, -0.25) is 4.90 Å². The Hall–Kier alpha value is -1.84. The predicted octanol–water partition coefficient (Wildman–Crippen LogP) is 5.55. The average molecular weight is 384 g/mol. The monoisotopic (exact) mass is 383 g/mol. The van der Waals surface area contributed by atoms with Crippen LogP contribution in [0, 0.1) is 13.8 Å². The topological polar surface area (TPSA) is 32.7 Å². The number of aliphatic hydroxyl groups is 1. The Morgan fingerprint density at radius 2 is 1.89 bits per heavy atom. The highest BCUT2D eigenvalue weighted by Crippen LogP contribution is 2.26. The predicted molar refractivity (Wildman–Crippen MR) is 119 cm³/mol. The van der Waals surface area contributed by atoms with E-state index in [9.17, 15) is 5.11 Å². The summed E-state index contributed by atoms with van der Waals surface area (Å²) in [6, 6.07) is 4.64. The van der Waals surface area contributed by atoms with Gasteiger partial charge in [-0.05, 0) is 74.5 Å². The van der Waals surface area contributed by atoms with Crippen molar-refractivity contribution < 1.29 is 9.84 Å². The maximum Gasteiger partial charge on any atom is 0.123 e. The number of aryl methyl sites for hydroxylation is 2. The summed E-state index contributed by atoms with van der Waals surface area (Å²) in [4.78, 5) is 2.58. The molecule has 1 aliphatic rings. The fraction of sp³-hybridized carbons (Fsp3) is 0.520. The van der Waals surface area contributed by atoms with Crippen molar-refractivity contribution in [3.05, 3.63) is 63.9 Å². The first-order valence-electron chi connectivity index (χ1n) is 10.6. The molecule has 0 saturated carbocycles. The summed E-state index contributed by atoms with van der Waals surface area (Å²) in [6.45, 7) is 11.0. The Morgan fingerprint density at radius 1 is 1.11 bits per heavy atom. The van der Waals surface area contributed by atoms with E-state index in [4.69, 9.17) is 4.74 Å². The van der Waals surface area contributed by atoms with E-state index < -0.39 is 0 Å². The Bertz CT molecular complexity index is 730. The standard InChI is InChI=1S/C25H37NO2/c1-6-8-14-26(13-7-2)24-12-11-21(25(17-24)28-5)9-10-22-15-20(4)23(18-27)16-19(22)3/h9-11,15-17,24,27H,6-8,12-14,18H2,1-5H3/b10-9+. The van der Waals surface area contributed by atoms with Gasteiger partial charge in [0.2, 0.25) is 0 Å². The van der Waals surface area contributed by atoms with Crippen molar-refractivity contribution in [3.63, 3.8) is 0 Å². The number of allylic oxidation sites excluding steroid dienone is 1. The molecule has 1 aliphatic carbocycles. The van der Waals surface area contributed by atoms with Gasteiger partial charge in [-0.1, -0.05) is 50.6 Å². The highest BCUT2D eigenvalue weighted by Gasteiger charge is 2.20. The van der Waals surface area contributed by atoms with Gasteiger partial charge in [0.15, 0.2) is 0 Å². The average Bonchev–Trinajstić information content (AvgIpc) is 2.71. The molecule has 0 aliphatic heterocycles. The van der Waals surface area contributed by atoms with Crippen LogP contribution in [0.3, 0.4) is 0 Å². The fourth-order valence-electron chi connectivity index (χ4n) is 3.80. The Labute approximate surface area is 171 Å². The van der Waals surface area contributed by atoms with Crippen molar-refractivity contribution in [2.45, 2.75) is 66.0 Å². The number of aliphatic hydroxyl groups excluding tert-OH is 1. The van der Waals surface area contributed by atoms with Crippen LogP contribution in [-0.4, -0.2) is 36.2 Å². The summed E-state index contributed by atoms with van der Waals surface area (Å²) in [5.74, 6) is 0.964. The van der Waals surface area contributed by atoms with Crippen LogP contribution in [0.1, 0.15) is 61.8 Å². The third-order valence-corrected chi connectivity index (χ3v) is 5.54. The molecule has 0 fully saturated rings. The summed E-state index contributed by atoms with van der Waals surface area (Å²) >= 11 is 0. The normalized spacial score (nSPS) is 17.2. The van der Waals surface area contributed by atoms with Gasteiger partial charge in [0.25, 0.3) is 0 Å². The van der Waals surface area contributed by atoms with Crippen molar-refractivity contribution in [3.8, 4) is 0 Å². The van der Waals surface area contributed by atoms with Gasteiger partial charge in [0.1, 0.15) is 5.76 Å². The molecule has 0 amide bonds. The SMILES string of the molecule is CCCCN(CCC)C1C=C(OC)C(/C=C/c2cc(C)c(CO)cc2C)=CC1. The molecule has 0 radical (unpaired) electrons. The van der Waals surface area contributed by atoms with Crippen LogP contribution in [-0.2, 0) is 11.3 Å². The second-order valence-corrected chi connectivity index (χ2v) is 7.71. The minimum absolute atomic E-state index is 0.0893. The zero-order chi connectivity index (χ0) is 20.5. The molecule has 154 valence electrons. The second-order valence-electron chi connectivity index (χ2n) is 7.71. The van der Waals surface area contributed by atoms with Crippen molar-refractivity contribution in [1.29, 1.82) is 0 Å². The Kier molecular flexibility index (Phi) is 9.01. The lowest BCUT2D eigenvalue weighted by molar-refractivity contribution is 0.214. The number of ether oxygens (including phenoxy) is 1. The van der Waals surface area contributed by atoms with E-state index in [-0.39, 0.29) is 6.61 Å². The molecule has 0 bridgehead atoms. The second kappa shape index (κ2) is 11.2. The number of hydrogen-bond acceptors (Lipinski definition) is 3. The maximum absolute atomic E-state index is 9.44. The van der Waals surface area contributed by atoms with Crippen LogP contribution in [0.5, 0.6) is 0 Å². The fourth-order valence-corrected chi connectivity index (χ4v) is 3.80. The smallest absolute Gasteiger partial charge is 0.123 e. The molecule has 0 saturated heterocycles. The van der Waals surface area contributed by atoms with E-state index in [1.54, 1.807) is 7.11 Å². The van der Waals surface area contributed by atoms with E-state index >= 15 is 0 Å². The molecule has 1 aromatic rings. The van der Waals surface area contributed by atoms with Gasteiger partial charge in [-0.2, -0.15) is 0 Å². The first kappa shape index (κ1) is 22.4. The molecule has 3 nitrogen and oxygen atoms in total. The molecule has 3 heteroatoms. The minimum atomic E-state index is 0.0893. The largest absolute Gasteiger partial charge is 0.496 e. The number of hydrogen-bond donors (Lipinski definition) is 1. The number of nitrogens with zero attached hydrogens (tertiary/aromatic N) is 1.